The highest BCUT2D eigenvalue weighted by atomic mass is 19.1. The minimum Gasteiger partial charge on any atom is -0.371 e. The number of likely N-dealkylation sites (tertiary alicyclic amines) is 1. The van der Waals surface area contributed by atoms with Crippen LogP contribution in [0.15, 0.2) is 48.5 Å². The van der Waals surface area contributed by atoms with Crippen molar-refractivity contribution in [2.75, 3.05) is 18.5 Å². The van der Waals surface area contributed by atoms with E-state index in [9.17, 15) is 19.1 Å². The molecule has 36 heavy (non-hydrogen) atoms. The maximum atomic E-state index is 14.5. The number of carbonyl (C=O) groups excluding carboxylic acids is 2. The molecule has 1 heterocycles. The summed E-state index contributed by atoms with van der Waals surface area (Å²) in [5.74, 6) is -0.695. The molecular formula is C28H37FN4O3. The number of hydrogen-bond donors (Lipinski definition) is 3. The van der Waals surface area contributed by atoms with Gasteiger partial charge in [0, 0.05) is 25.3 Å². The summed E-state index contributed by atoms with van der Waals surface area (Å²) >= 11 is 0. The zero-order valence-electron chi connectivity index (χ0n) is 21.1. The summed E-state index contributed by atoms with van der Waals surface area (Å²) in [5.41, 5.74) is 2.02. The molecular weight excluding hydrogens is 459 g/mol. The van der Waals surface area contributed by atoms with Gasteiger partial charge in [0.05, 0.1) is 6.04 Å². The number of aliphatic hydroxyl groups is 1. The number of nitrogens with one attached hydrogen (secondary N) is 2. The number of amides is 3. The van der Waals surface area contributed by atoms with E-state index >= 15 is 0 Å². The summed E-state index contributed by atoms with van der Waals surface area (Å²) < 4.78 is 14.5. The standard InChI is InChI=1S/C28H37FN4O3/c1-19-10-6-7-15-23(19)25(26(34)31-21-12-4-3-5-13-21)33(22-14-8-11-20(29)18-22)27(35)24-16-9-17-32(24)28(36)30-2/h6-8,10-11,14-15,18,21,24-25,27,35H,3-5,9,12-13,16-17H2,1-2H3,(H,30,36)(H,31,34)/t24-,25+,27?/m1/s1. The normalized spacial score (nSPS) is 20.0. The molecule has 2 aromatic carbocycles. The lowest BCUT2D eigenvalue weighted by molar-refractivity contribution is -0.124. The van der Waals surface area contributed by atoms with E-state index in [-0.39, 0.29) is 18.0 Å². The van der Waals surface area contributed by atoms with Crippen LogP contribution < -0.4 is 15.5 Å². The van der Waals surface area contributed by atoms with Gasteiger partial charge in [-0.3, -0.25) is 4.79 Å². The Hall–Kier alpha value is -3.13. The highest BCUT2D eigenvalue weighted by Gasteiger charge is 2.42. The lowest BCUT2D eigenvalue weighted by atomic mass is 9.93. The first-order valence-electron chi connectivity index (χ1n) is 13.0. The fourth-order valence-corrected chi connectivity index (χ4v) is 5.61. The summed E-state index contributed by atoms with van der Waals surface area (Å²) in [5, 5.41) is 17.7. The van der Waals surface area contributed by atoms with E-state index in [1.807, 2.05) is 31.2 Å². The number of anilines is 1. The van der Waals surface area contributed by atoms with E-state index < -0.39 is 24.1 Å². The molecule has 3 amide bonds. The SMILES string of the molecule is CNC(=O)N1CCC[C@@H]1C(O)N(c1cccc(F)c1)[C@H](C(=O)NC1CCCCC1)c1ccccc1C. The van der Waals surface area contributed by atoms with Crippen LogP contribution in [0, 0.1) is 12.7 Å². The van der Waals surface area contributed by atoms with Gasteiger partial charge in [-0.1, -0.05) is 49.6 Å². The molecule has 0 bridgehead atoms. The fraction of sp³-hybridized carbons (Fsp3) is 0.500. The Bertz CT molecular complexity index is 1060. The van der Waals surface area contributed by atoms with Crippen LogP contribution in [0.5, 0.6) is 0 Å². The van der Waals surface area contributed by atoms with Crippen LogP contribution in [0.4, 0.5) is 14.9 Å². The second kappa shape index (κ2) is 11.7. The molecule has 2 fully saturated rings. The van der Waals surface area contributed by atoms with Crippen molar-refractivity contribution < 1.29 is 19.1 Å². The van der Waals surface area contributed by atoms with Gasteiger partial charge in [-0.15, -0.1) is 0 Å². The van der Waals surface area contributed by atoms with Crippen molar-refractivity contribution in [3.05, 3.63) is 65.5 Å². The van der Waals surface area contributed by atoms with Crippen molar-refractivity contribution in [3.8, 4) is 0 Å². The first-order valence-corrected chi connectivity index (χ1v) is 13.0. The van der Waals surface area contributed by atoms with Crippen LogP contribution in [0.2, 0.25) is 0 Å². The Morgan fingerprint density at radius 2 is 1.81 bits per heavy atom. The van der Waals surface area contributed by atoms with Crippen molar-refractivity contribution in [1.82, 2.24) is 15.5 Å². The summed E-state index contributed by atoms with van der Waals surface area (Å²) in [6.07, 6.45) is 5.22. The Morgan fingerprint density at radius 1 is 1.06 bits per heavy atom. The molecule has 3 N–H and O–H groups in total. The molecule has 1 aliphatic carbocycles. The third-order valence-corrected chi connectivity index (χ3v) is 7.47. The number of hydrogen-bond acceptors (Lipinski definition) is 4. The van der Waals surface area contributed by atoms with Crippen LogP contribution in [0.25, 0.3) is 0 Å². The van der Waals surface area contributed by atoms with Gasteiger partial charge in [0.15, 0.2) is 0 Å². The minimum atomic E-state index is -1.23. The van der Waals surface area contributed by atoms with Crippen molar-refractivity contribution in [3.63, 3.8) is 0 Å². The van der Waals surface area contributed by atoms with Crippen LogP contribution >= 0.6 is 0 Å². The molecule has 1 saturated carbocycles. The second-order valence-electron chi connectivity index (χ2n) is 9.86. The molecule has 1 saturated heterocycles. The zero-order valence-corrected chi connectivity index (χ0v) is 21.1. The third-order valence-electron chi connectivity index (χ3n) is 7.47. The summed E-state index contributed by atoms with van der Waals surface area (Å²) in [6, 6.07) is 11.9. The van der Waals surface area contributed by atoms with Gasteiger partial charge >= 0.3 is 6.03 Å². The van der Waals surface area contributed by atoms with E-state index in [4.69, 9.17) is 0 Å². The topological polar surface area (TPSA) is 84.9 Å². The molecule has 0 radical (unpaired) electrons. The van der Waals surface area contributed by atoms with E-state index in [1.54, 1.807) is 29.0 Å². The predicted molar refractivity (Wildman–Crippen MR) is 138 cm³/mol. The molecule has 1 unspecified atom stereocenters. The van der Waals surface area contributed by atoms with Gasteiger partial charge in [-0.25, -0.2) is 9.18 Å². The molecule has 4 rings (SSSR count). The maximum absolute atomic E-state index is 14.5. The quantitative estimate of drug-likeness (QED) is 0.501. The number of rotatable bonds is 7. The highest BCUT2D eigenvalue weighted by molar-refractivity contribution is 5.87. The Morgan fingerprint density at radius 3 is 2.50 bits per heavy atom. The first kappa shape index (κ1) is 25.9. The zero-order chi connectivity index (χ0) is 25.7. The van der Waals surface area contributed by atoms with Gasteiger partial charge in [-0.2, -0.15) is 0 Å². The summed E-state index contributed by atoms with van der Waals surface area (Å²) in [7, 11) is 1.56. The number of nitrogens with zero attached hydrogens (tertiary/aromatic N) is 2. The average molecular weight is 497 g/mol. The predicted octanol–water partition coefficient (Wildman–Crippen LogP) is 4.25. The van der Waals surface area contributed by atoms with Gasteiger partial charge in [0.2, 0.25) is 5.91 Å². The van der Waals surface area contributed by atoms with Crippen LogP contribution in [-0.2, 0) is 4.79 Å². The number of carbonyl (C=O) groups is 2. The molecule has 1 aliphatic heterocycles. The monoisotopic (exact) mass is 496 g/mol. The molecule has 194 valence electrons. The molecule has 2 aliphatic rings. The van der Waals surface area contributed by atoms with E-state index in [2.05, 4.69) is 10.6 Å². The third kappa shape index (κ3) is 5.64. The molecule has 7 nitrogen and oxygen atoms in total. The molecule has 0 spiro atoms. The largest absolute Gasteiger partial charge is 0.371 e. The number of aliphatic hydroxyl groups excluding tert-OH is 1. The van der Waals surface area contributed by atoms with Crippen molar-refractivity contribution in [2.24, 2.45) is 0 Å². The van der Waals surface area contributed by atoms with Crippen LogP contribution in [0.3, 0.4) is 0 Å². The Kier molecular flexibility index (Phi) is 8.46. The summed E-state index contributed by atoms with van der Waals surface area (Å²) in [6.45, 7) is 2.43. The number of urea groups is 1. The van der Waals surface area contributed by atoms with Crippen LogP contribution in [-0.4, -0.2) is 53.8 Å². The average Bonchev–Trinajstić information content (AvgIpc) is 3.38. The van der Waals surface area contributed by atoms with E-state index in [1.165, 1.54) is 18.6 Å². The smallest absolute Gasteiger partial charge is 0.317 e. The fourth-order valence-electron chi connectivity index (χ4n) is 5.61. The first-order chi connectivity index (χ1) is 17.4. The van der Waals surface area contributed by atoms with Crippen molar-refractivity contribution >= 4 is 17.6 Å². The molecule has 8 heteroatoms. The highest BCUT2D eigenvalue weighted by Crippen LogP contribution is 2.35. The minimum absolute atomic E-state index is 0.0677. The number of halogens is 1. The van der Waals surface area contributed by atoms with Crippen molar-refractivity contribution in [2.45, 2.75) is 76.2 Å². The van der Waals surface area contributed by atoms with E-state index in [0.717, 1.165) is 43.2 Å². The Balaban J connectivity index is 1.79. The Labute approximate surface area is 212 Å². The van der Waals surface area contributed by atoms with Gasteiger partial charge in [-0.05, 0) is 61.9 Å². The van der Waals surface area contributed by atoms with Gasteiger partial charge in [0.25, 0.3) is 0 Å². The van der Waals surface area contributed by atoms with Crippen LogP contribution in [0.1, 0.15) is 62.1 Å². The second-order valence-corrected chi connectivity index (χ2v) is 9.86. The lowest BCUT2D eigenvalue weighted by Crippen LogP contribution is -2.56. The lowest BCUT2D eigenvalue weighted by Gasteiger charge is -2.42. The molecule has 0 aromatic heterocycles. The number of aryl methyl sites for hydroxylation is 1. The van der Waals surface area contributed by atoms with Gasteiger partial charge < -0.3 is 25.5 Å². The van der Waals surface area contributed by atoms with E-state index in [0.29, 0.717) is 18.7 Å². The molecule has 2 aromatic rings. The van der Waals surface area contributed by atoms with Crippen molar-refractivity contribution in [1.29, 1.82) is 0 Å². The van der Waals surface area contributed by atoms with Gasteiger partial charge in [0.1, 0.15) is 18.1 Å². The summed E-state index contributed by atoms with van der Waals surface area (Å²) in [4.78, 5) is 29.8. The number of benzene rings is 2. The maximum Gasteiger partial charge on any atom is 0.317 e. The molecule has 3 atom stereocenters.